The molecule has 0 atom stereocenters. The van der Waals surface area contributed by atoms with Crippen molar-refractivity contribution in [3.8, 4) is 5.75 Å². The third kappa shape index (κ3) is 3.55. The molecule has 0 aliphatic rings. The first-order chi connectivity index (χ1) is 9.56. The fourth-order valence-electron chi connectivity index (χ4n) is 1.81. The van der Waals surface area contributed by atoms with Gasteiger partial charge in [-0.25, -0.2) is 9.18 Å². The molecule has 2 aromatic rings. The van der Waals surface area contributed by atoms with Gasteiger partial charge in [-0.15, -0.1) is 0 Å². The summed E-state index contributed by atoms with van der Waals surface area (Å²) in [7, 11) is 0. The summed E-state index contributed by atoms with van der Waals surface area (Å²) in [5.41, 5.74) is 1.34. The molecule has 0 aliphatic carbocycles. The normalized spacial score (nSPS) is 10.4. The number of halogens is 1. The minimum absolute atomic E-state index is 0.208. The topological polar surface area (TPSA) is 69.6 Å². The highest BCUT2D eigenvalue weighted by atomic mass is 19.1. The maximum atomic E-state index is 13.5. The number of hydrogen-bond acceptors (Lipinski definition) is 3. The van der Waals surface area contributed by atoms with Gasteiger partial charge >= 0.3 is 5.97 Å². The van der Waals surface area contributed by atoms with Crippen molar-refractivity contribution in [2.45, 2.75) is 13.1 Å². The van der Waals surface area contributed by atoms with E-state index in [1.165, 1.54) is 12.1 Å². The van der Waals surface area contributed by atoms with Gasteiger partial charge in [0.1, 0.15) is 11.6 Å². The summed E-state index contributed by atoms with van der Waals surface area (Å²) in [5, 5.41) is 21.0. The van der Waals surface area contributed by atoms with Gasteiger partial charge in [0.2, 0.25) is 0 Å². The minimum atomic E-state index is -1.27. The van der Waals surface area contributed by atoms with Crippen LogP contribution in [0.5, 0.6) is 5.75 Å². The molecule has 20 heavy (non-hydrogen) atoms. The van der Waals surface area contributed by atoms with E-state index in [2.05, 4.69) is 5.32 Å². The summed E-state index contributed by atoms with van der Waals surface area (Å²) in [4.78, 5) is 10.7. The predicted octanol–water partition coefficient (Wildman–Crippen LogP) is 2.52. The molecule has 0 fully saturated rings. The summed E-state index contributed by atoms with van der Waals surface area (Å²) in [6, 6.07) is 10.8. The van der Waals surface area contributed by atoms with Gasteiger partial charge in [0.25, 0.3) is 0 Å². The fourth-order valence-corrected chi connectivity index (χ4v) is 1.81. The van der Waals surface area contributed by atoms with Crippen LogP contribution in [0.3, 0.4) is 0 Å². The molecule has 0 radical (unpaired) electrons. The molecule has 0 bridgehead atoms. The molecule has 0 unspecified atom stereocenters. The smallest absolute Gasteiger partial charge is 0.338 e. The van der Waals surface area contributed by atoms with Crippen LogP contribution in [-0.2, 0) is 13.1 Å². The second kappa shape index (κ2) is 6.16. The summed E-state index contributed by atoms with van der Waals surface area (Å²) in [6.07, 6.45) is 0. The van der Waals surface area contributed by atoms with Crippen molar-refractivity contribution in [2.75, 3.05) is 0 Å². The summed E-state index contributed by atoms with van der Waals surface area (Å²) in [5.74, 6) is -1.80. The Morgan fingerprint density at radius 3 is 2.25 bits per heavy atom. The number of aromatic carboxylic acids is 1. The Kier molecular flexibility index (Phi) is 4.32. The van der Waals surface area contributed by atoms with E-state index in [0.717, 1.165) is 5.56 Å². The molecule has 0 saturated heterocycles. The Morgan fingerprint density at radius 2 is 1.65 bits per heavy atom. The van der Waals surface area contributed by atoms with Crippen molar-refractivity contribution in [3.05, 3.63) is 65.0 Å². The monoisotopic (exact) mass is 275 g/mol. The molecule has 2 rings (SSSR count). The first-order valence-electron chi connectivity index (χ1n) is 6.06. The molecule has 104 valence electrons. The molecule has 2 aromatic carbocycles. The van der Waals surface area contributed by atoms with E-state index in [9.17, 15) is 9.18 Å². The maximum absolute atomic E-state index is 13.5. The lowest BCUT2D eigenvalue weighted by Gasteiger charge is -2.06. The Morgan fingerprint density at radius 1 is 1.05 bits per heavy atom. The Balaban J connectivity index is 1.92. The van der Waals surface area contributed by atoms with Crippen LogP contribution in [0.4, 0.5) is 4.39 Å². The third-order valence-electron chi connectivity index (χ3n) is 2.86. The molecule has 0 saturated carbocycles. The zero-order chi connectivity index (χ0) is 14.5. The highest BCUT2D eigenvalue weighted by Gasteiger charge is 2.09. The number of carboxylic acids is 1. The standard InChI is InChI=1S/C15H14FNO3/c16-14-7-11(3-6-13(14)15(19)20)9-17-8-10-1-4-12(18)5-2-10/h1-7,17-18H,8-9H2,(H,19,20). The van der Waals surface area contributed by atoms with E-state index in [0.29, 0.717) is 18.7 Å². The molecule has 0 amide bonds. The molecular weight excluding hydrogens is 261 g/mol. The molecule has 0 spiro atoms. The molecular formula is C15H14FNO3. The van der Waals surface area contributed by atoms with Crippen LogP contribution >= 0.6 is 0 Å². The SMILES string of the molecule is O=C(O)c1ccc(CNCc2ccc(O)cc2)cc1F. The number of carbonyl (C=O) groups is 1. The summed E-state index contributed by atoms with van der Waals surface area (Å²) < 4.78 is 13.5. The van der Waals surface area contributed by atoms with Crippen molar-refractivity contribution in [2.24, 2.45) is 0 Å². The average molecular weight is 275 g/mol. The number of aromatic hydroxyl groups is 1. The van der Waals surface area contributed by atoms with Gasteiger partial charge in [-0.3, -0.25) is 0 Å². The van der Waals surface area contributed by atoms with Gasteiger partial charge in [0, 0.05) is 13.1 Å². The Bertz CT molecular complexity index is 611. The van der Waals surface area contributed by atoms with Crippen LogP contribution in [0, 0.1) is 5.82 Å². The number of benzene rings is 2. The van der Waals surface area contributed by atoms with Crippen LogP contribution in [0.25, 0.3) is 0 Å². The number of carboxylic acid groups (broad SMARTS) is 1. The van der Waals surface area contributed by atoms with E-state index >= 15 is 0 Å². The van der Waals surface area contributed by atoms with Gasteiger partial charge in [0.15, 0.2) is 0 Å². The van der Waals surface area contributed by atoms with E-state index in [1.807, 2.05) is 0 Å². The molecule has 5 heteroatoms. The molecule has 4 nitrogen and oxygen atoms in total. The maximum Gasteiger partial charge on any atom is 0.338 e. The molecule has 3 N–H and O–H groups in total. The van der Waals surface area contributed by atoms with Crippen molar-refractivity contribution in [3.63, 3.8) is 0 Å². The van der Waals surface area contributed by atoms with Gasteiger partial charge < -0.3 is 15.5 Å². The number of phenols is 1. The van der Waals surface area contributed by atoms with Crippen LogP contribution in [-0.4, -0.2) is 16.2 Å². The van der Waals surface area contributed by atoms with Crippen molar-refractivity contribution < 1.29 is 19.4 Å². The van der Waals surface area contributed by atoms with Crippen LogP contribution < -0.4 is 5.32 Å². The zero-order valence-electron chi connectivity index (χ0n) is 10.6. The average Bonchev–Trinajstić information content (AvgIpc) is 2.41. The fraction of sp³-hybridized carbons (Fsp3) is 0.133. The van der Waals surface area contributed by atoms with Crippen molar-refractivity contribution in [1.29, 1.82) is 0 Å². The molecule has 0 heterocycles. The zero-order valence-corrected chi connectivity index (χ0v) is 10.6. The first-order valence-corrected chi connectivity index (χ1v) is 6.06. The highest BCUT2D eigenvalue weighted by Crippen LogP contribution is 2.12. The first kappa shape index (κ1) is 14.0. The number of rotatable bonds is 5. The minimum Gasteiger partial charge on any atom is -0.508 e. The summed E-state index contributed by atoms with van der Waals surface area (Å²) in [6.45, 7) is 1.00. The lowest BCUT2D eigenvalue weighted by Crippen LogP contribution is -2.13. The predicted molar refractivity (Wildman–Crippen MR) is 72.0 cm³/mol. The second-order valence-corrected chi connectivity index (χ2v) is 4.39. The lowest BCUT2D eigenvalue weighted by atomic mass is 10.1. The van der Waals surface area contributed by atoms with Gasteiger partial charge in [-0.05, 0) is 35.4 Å². The van der Waals surface area contributed by atoms with Crippen molar-refractivity contribution in [1.82, 2.24) is 5.32 Å². The van der Waals surface area contributed by atoms with Gasteiger partial charge in [0.05, 0.1) is 5.56 Å². The van der Waals surface area contributed by atoms with E-state index in [4.69, 9.17) is 10.2 Å². The molecule has 0 aliphatic heterocycles. The summed E-state index contributed by atoms with van der Waals surface area (Å²) >= 11 is 0. The number of hydrogen-bond donors (Lipinski definition) is 3. The van der Waals surface area contributed by atoms with Crippen LogP contribution in [0.1, 0.15) is 21.5 Å². The largest absolute Gasteiger partial charge is 0.508 e. The van der Waals surface area contributed by atoms with E-state index in [1.54, 1.807) is 30.3 Å². The van der Waals surface area contributed by atoms with E-state index < -0.39 is 11.8 Å². The third-order valence-corrected chi connectivity index (χ3v) is 2.86. The highest BCUT2D eigenvalue weighted by molar-refractivity contribution is 5.87. The number of phenolic OH excluding ortho intramolecular Hbond substituents is 1. The van der Waals surface area contributed by atoms with Gasteiger partial charge in [-0.2, -0.15) is 0 Å². The Labute approximate surface area is 115 Å². The van der Waals surface area contributed by atoms with Crippen LogP contribution in [0.2, 0.25) is 0 Å². The number of nitrogens with one attached hydrogen (secondary N) is 1. The lowest BCUT2D eigenvalue weighted by molar-refractivity contribution is 0.0692. The van der Waals surface area contributed by atoms with Crippen LogP contribution in [0.15, 0.2) is 42.5 Å². The van der Waals surface area contributed by atoms with E-state index in [-0.39, 0.29) is 11.3 Å². The van der Waals surface area contributed by atoms with Crippen molar-refractivity contribution >= 4 is 5.97 Å². The molecule has 0 aromatic heterocycles. The van der Waals surface area contributed by atoms with Gasteiger partial charge in [-0.1, -0.05) is 18.2 Å². The Hall–Kier alpha value is -2.40. The second-order valence-electron chi connectivity index (χ2n) is 4.39. The quantitative estimate of drug-likeness (QED) is 0.784.